The van der Waals surface area contributed by atoms with E-state index in [4.69, 9.17) is 44.1 Å². The van der Waals surface area contributed by atoms with Gasteiger partial charge in [0.15, 0.2) is 11.5 Å². The van der Waals surface area contributed by atoms with Gasteiger partial charge < -0.3 is 28.7 Å². The van der Waals surface area contributed by atoms with Crippen molar-refractivity contribution in [2.24, 2.45) is 23.7 Å². The summed E-state index contributed by atoms with van der Waals surface area (Å²) >= 11 is 6.42. The molecule has 3 unspecified atom stereocenters. The summed E-state index contributed by atoms with van der Waals surface area (Å²) in [6.07, 6.45) is 7.34. The lowest BCUT2D eigenvalue weighted by Gasteiger charge is -2.51. The molecule has 1 saturated carbocycles. The molecular weight excluding hydrogens is 928 g/mol. The number of hydrogen-bond donors (Lipinski definition) is 1. The highest BCUT2D eigenvalue weighted by atomic mass is 35.5. The van der Waals surface area contributed by atoms with E-state index in [1.165, 1.54) is 23.8 Å². The van der Waals surface area contributed by atoms with Crippen LogP contribution >= 0.6 is 11.6 Å². The molecule has 0 amide bonds. The fraction of sp³-hybridized carbons (Fsp3) is 0.564. The van der Waals surface area contributed by atoms with E-state index in [0.29, 0.717) is 64.4 Å². The van der Waals surface area contributed by atoms with E-state index in [9.17, 15) is 13.2 Å². The van der Waals surface area contributed by atoms with Crippen LogP contribution in [-0.2, 0) is 40.1 Å². The Bertz CT molecular complexity index is 2630. The Hall–Kier alpha value is -4.14. The lowest BCUT2D eigenvalue weighted by Crippen LogP contribution is -2.53. The average molecular weight is 1000 g/mol. The van der Waals surface area contributed by atoms with Gasteiger partial charge in [-0.2, -0.15) is 8.42 Å². The number of aryl methyl sites for hydroxylation is 1. The number of esters is 1. The molecule has 69 heavy (non-hydrogen) atoms. The minimum atomic E-state index is -3.95. The van der Waals surface area contributed by atoms with Crippen molar-refractivity contribution in [3.05, 3.63) is 106 Å². The number of rotatable bonds is 14. The van der Waals surface area contributed by atoms with Gasteiger partial charge in [0.25, 0.3) is 10.1 Å². The van der Waals surface area contributed by atoms with Crippen molar-refractivity contribution in [1.82, 2.24) is 4.98 Å². The normalized spacial score (nSPS) is 28.4. The van der Waals surface area contributed by atoms with Crippen LogP contribution in [0, 0.1) is 30.6 Å². The first-order valence-electron chi connectivity index (χ1n) is 25.2. The molecule has 2 aliphatic heterocycles. The Morgan fingerprint density at radius 2 is 1.64 bits per heavy atom. The fourth-order valence-electron chi connectivity index (χ4n) is 13.4. The van der Waals surface area contributed by atoms with Gasteiger partial charge in [-0.25, -0.2) is 4.79 Å². The number of anilines is 1. The third-order valence-electron chi connectivity index (χ3n) is 16.9. The number of carbonyl (C=O) groups is 1. The number of halogens is 1. The molecule has 1 saturated heterocycles. The van der Waals surface area contributed by atoms with Crippen molar-refractivity contribution in [2.45, 2.75) is 145 Å². The first-order chi connectivity index (χ1) is 32.9. The number of aromatic nitrogens is 1. The molecule has 11 nitrogen and oxygen atoms in total. The first kappa shape index (κ1) is 49.8. The highest BCUT2D eigenvalue weighted by Crippen LogP contribution is 2.63. The molecule has 5 aliphatic rings. The number of nitrogens with zero attached hydrogens (tertiary/aromatic N) is 1. The molecule has 3 aliphatic carbocycles. The summed E-state index contributed by atoms with van der Waals surface area (Å²) < 4.78 is 64.3. The second-order valence-electron chi connectivity index (χ2n) is 21.8. The van der Waals surface area contributed by atoms with E-state index in [0.717, 1.165) is 54.8 Å². The zero-order chi connectivity index (χ0) is 49.0. The van der Waals surface area contributed by atoms with Gasteiger partial charge in [0.1, 0.15) is 11.3 Å². The molecule has 373 valence electrons. The van der Waals surface area contributed by atoms with Gasteiger partial charge in [-0.1, -0.05) is 83.8 Å². The lowest BCUT2D eigenvalue weighted by atomic mass is 9.59. The van der Waals surface area contributed by atoms with E-state index in [-0.39, 0.29) is 60.0 Å². The number of benzene rings is 3. The first-order valence-corrected chi connectivity index (χ1v) is 29.1. The molecule has 1 N–H and O–H groups in total. The van der Waals surface area contributed by atoms with Gasteiger partial charge in [-0.15, -0.1) is 16.6 Å². The van der Waals surface area contributed by atoms with E-state index in [1.54, 1.807) is 24.3 Å². The third kappa shape index (κ3) is 9.21. The van der Waals surface area contributed by atoms with Crippen molar-refractivity contribution in [2.75, 3.05) is 38.9 Å². The Balaban J connectivity index is 0.953. The number of methoxy groups -OCH3 is 1. The summed E-state index contributed by atoms with van der Waals surface area (Å²) in [4.78, 5) is 19.0. The minimum absolute atomic E-state index is 0.0137. The topological polar surface area (TPSA) is 132 Å². The van der Waals surface area contributed by atoms with Crippen LogP contribution in [-0.4, -0.2) is 66.8 Å². The van der Waals surface area contributed by atoms with Crippen LogP contribution in [0.25, 0.3) is 0 Å². The van der Waals surface area contributed by atoms with Crippen molar-refractivity contribution in [1.29, 1.82) is 0 Å². The predicted octanol–water partition coefficient (Wildman–Crippen LogP) is 12.3. The van der Waals surface area contributed by atoms with Gasteiger partial charge in [0, 0.05) is 22.5 Å². The van der Waals surface area contributed by atoms with Crippen LogP contribution in [0.5, 0.6) is 17.2 Å². The number of hydrogen-bond acceptors (Lipinski definition) is 11. The number of nitrogens with one attached hydrogen (secondary N) is 1. The lowest BCUT2D eigenvalue weighted by molar-refractivity contribution is -0.148. The molecule has 9 rings (SSSR count). The predicted molar refractivity (Wildman–Crippen MR) is 272 cm³/mol. The van der Waals surface area contributed by atoms with Crippen molar-refractivity contribution < 1.29 is 40.8 Å². The summed E-state index contributed by atoms with van der Waals surface area (Å²) in [6.45, 7) is 19.4. The summed E-state index contributed by atoms with van der Waals surface area (Å²) in [5, 5.41) is 4.17. The quantitative estimate of drug-likeness (QED) is 0.0736. The molecule has 3 heterocycles. The van der Waals surface area contributed by atoms with Crippen molar-refractivity contribution in [3.8, 4) is 17.2 Å². The summed E-state index contributed by atoms with van der Waals surface area (Å²) in [6, 6.07) is 20.5. The fourth-order valence-corrected chi connectivity index (χ4v) is 20.5. The number of pyridine rings is 1. The standard InChI is InChI=1S/C55H71ClN2O9SSi/c1-33(2)69(34(3)4)38(8)45-24-37(7)50-47(17-22-57-51(50)52(45)67-69)63-29-36(6)23-41-25-40-26-48-49(65-31-39(30-64-48)32-66-68(60,61)44-15-13-35(5)14-16-44)28-46(40)54(41)18-20-55(21-19-54,53(59)62-9)58-43-12-10-11-42(56)27-43/h10-17,22,26-28,33-34,36-39,41,45,52,58H,18-21,23-25,29-32H2,1-9H3/q-1/t36-,37-,38?,39?,41+,45?,52+,54?,55?/m1/s1. The SMILES string of the molecule is COC(=O)C1(Nc2cccc(Cl)c2)CCC2(CC1)c1cc3c(cc1C[C@@H]2C[C@@H](C)COc1ccnc2c1[C@H](C)CC1C(C)[Si-](C(C)C)(C(C)C)O[C@H]21)OCC(COS(=O)(=O)c1ccc(C)cc1)CO3. The highest BCUT2D eigenvalue weighted by Gasteiger charge is 2.55. The molecule has 0 radical (unpaired) electrons. The van der Waals surface area contributed by atoms with Gasteiger partial charge in [0.05, 0.1) is 56.1 Å². The van der Waals surface area contributed by atoms with Gasteiger partial charge in [0.2, 0.25) is 0 Å². The van der Waals surface area contributed by atoms with Crippen LogP contribution < -0.4 is 19.5 Å². The van der Waals surface area contributed by atoms with E-state index in [1.807, 2.05) is 37.4 Å². The van der Waals surface area contributed by atoms with Crippen molar-refractivity contribution in [3.63, 3.8) is 0 Å². The maximum Gasteiger partial charge on any atom is 0.331 e. The van der Waals surface area contributed by atoms with Crippen LogP contribution in [0.15, 0.2) is 77.8 Å². The van der Waals surface area contributed by atoms with Gasteiger partial charge >= 0.3 is 5.97 Å². The third-order valence-corrected chi connectivity index (χ3v) is 24.6. The van der Waals surface area contributed by atoms with Crippen LogP contribution in [0.2, 0.25) is 21.6 Å². The molecular formula is C55H71ClN2O9SSi-. The Morgan fingerprint density at radius 1 is 0.942 bits per heavy atom. The Labute approximate surface area is 416 Å². The number of carbonyl (C=O) groups excluding carboxylic acids is 1. The average Bonchev–Trinajstić information content (AvgIpc) is 3.68. The largest absolute Gasteiger partial charge is 0.557 e. The van der Waals surface area contributed by atoms with Crippen LogP contribution in [0.4, 0.5) is 5.69 Å². The summed E-state index contributed by atoms with van der Waals surface area (Å²) in [7, 11) is -4.56. The zero-order valence-electron chi connectivity index (χ0n) is 41.8. The van der Waals surface area contributed by atoms with Crippen molar-refractivity contribution >= 4 is 41.7 Å². The molecule has 1 spiro atoms. The maximum atomic E-state index is 13.8. The molecule has 4 aromatic rings. The van der Waals surface area contributed by atoms with Crippen LogP contribution in [0.3, 0.4) is 0 Å². The second kappa shape index (κ2) is 19.5. The minimum Gasteiger partial charge on any atom is -0.557 e. The molecule has 2 fully saturated rings. The monoisotopic (exact) mass is 998 g/mol. The molecule has 1 aromatic heterocycles. The van der Waals surface area contributed by atoms with Crippen LogP contribution in [0.1, 0.15) is 127 Å². The molecule has 3 aromatic carbocycles. The number of fused-ring (bicyclic) bond motifs is 6. The number of ether oxygens (including phenoxy) is 4. The molecule has 7 atom stereocenters. The molecule has 14 heteroatoms. The van der Waals surface area contributed by atoms with E-state index < -0.39 is 24.0 Å². The van der Waals surface area contributed by atoms with E-state index in [2.05, 4.69) is 72.0 Å². The van der Waals surface area contributed by atoms with E-state index >= 15 is 0 Å². The smallest absolute Gasteiger partial charge is 0.331 e. The second-order valence-corrected chi connectivity index (χ2v) is 29.0. The molecule has 0 bridgehead atoms. The summed E-state index contributed by atoms with van der Waals surface area (Å²) in [5.41, 5.74) is 6.85. The summed E-state index contributed by atoms with van der Waals surface area (Å²) in [5.74, 6) is 2.84. The van der Waals surface area contributed by atoms with Gasteiger partial charge in [-0.3, -0.25) is 9.17 Å². The maximum absolute atomic E-state index is 13.8. The zero-order valence-corrected chi connectivity index (χ0v) is 44.4. The van der Waals surface area contributed by atoms with Gasteiger partial charge in [-0.05, 0) is 149 Å². The highest BCUT2D eigenvalue weighted by molar-refractivity contribution is 7.86. The Morgan fingerprint density at radius 3 is 2.30 bits per heavy atom. The Kier molecular flexibility index (Phi) is 14.1.